The fourth-order valence-electron chi connectivity index (χ4n) is 0.850. The van der Waals surface area contributed by atoms with E-state index in [-0.39, 0.29) is 13.1 Å². The Morgan fingerprint density at radius 1 is 1.00 bits per heavy atom. The van der Waals surface area contributed by atoms with Gasteiger partial charge in [-0.05, 0) is 0 Å². The molecule has 0 aromatic carbocycles. The quantitative estimate of drug-likeness (QED) is 0.547. The molecule has 0 rings (SSSR count). The van der Waals surface area contributed by atoms with Crippen LogP contribution in [0.4, 0.5) is 4.79 Å². The van der Waals surface area contributed by atoms with Crippen LogP contribution < -0.4 is 11.5 Å². The molecule has 4 N–H and O–H groups in total. The number of urea groups is 1. The van der Waals surface area contributed by atoms with Crippen LogP contribution in [0, 0.1) is 0 Å². The molecule has 7 nitrogen and oxygen atoms in total. The lowest BCUT2D eigenvalue weighted by Crippen LogP contribution is -2.47. The highest BCUT2D eigenvalue weighted by molar-refractivity contribution is 5.87. The minimum absolute atomic E-state index is 0.319. The average molecular weight is 202 g/mol. The largest absolute Gasteiger partial charge is 0.368 e. The maximum Gasteiger partial charge on any atom is 0.320 e. The molecule has 0 bridgehead atoms. The van der Waals surface area contributed by atoms with Gasteiger partial charge in [0.05, 0.1) is 0 Å². The average Bonchev–Trinajstić information content (AvgIpc) is 1.99. The molecule has 0 aliphatic heterocycles. The zero-order valence-electron chi connectivity index (χ0n) is 8.19. The maximum atomic E-state index is 11.4. The predicted molar refractivity (Wildman–Crippen MR) is 49.0 cm³/mol. The van der Waals surface area contributed by atoms with E-state index < -0.39 is 17.8 Å². The van der Waals surface area contributed by atoms with Crippen molar-refractivity contribution in [1.82, 2.24) is 9.80 Å². The van der Waals surface area contributed by atoms with Gasteiger partial charge in [-0.2, -0.15) is 0 Å². The number of carbonyl (C=O) groups excluding carboxylic acids is 3. The first kappa shape index (κ1) is 12.2. The molecule has 0 aromatic heterocycles. The third-order valence-corrected chi connectivity index (χ3v) is 1.35. The Hall–Kier alpha value is -1.79. The van der Waals surface area contributed by atoms with Gasteiger partial charge >= 0.3 is 6.03 Å². The van der Waals surface area contributed by atoms with Crippen LogP contribution in [-0.2, 0) is 9.59 Å². The highest BCUT2D eigenvalue weighted by atomic mass is 16.2. The van der Waals surface area contributed by atoms with Gasteiger partial charge in [-0.1, -0.05) is 0 Å². The molecular weight excluding hydrogens is 188 g/mol. The van der Waals surface area contributed by atoms with Gasteiger partial charge in [-0.15, -0.1) is 0 Å². The van der Waals surface area contributed by atoms with Gasteiger partial charge in [0.1, 0.15) is 13.1 Å². The minimum Gasteiger partial charge on any atom is -0.368 e. The molecule has 0 saturated carbocycles. The SMILES string of the molecule is CN(C)C(=O)N(CC(N)=O)CC(N)=O. The van der Waals surface area contributed by atoms with Gasteiger partial charge in [0, 0.05) is 14.1 Å². The van der Waals surface area contributed by atoms with E-state index >= 15 is 0 Å². The van der Waals surface area contributed by atoms with Gasteiger partial charge < -0.3 is 21.3 Å². The summed E-state index contributed by atoms with van der Waals surface area (Å²) in [6, 6.07) is -0.484. The first-order valence-corrected chi connectivity index (χ1v) is 3.87. The summed E-state index contributed by atoms with van der Waals surface area (Å²) < 4.78 is 0. The summed E-state index contributed by atoms with van der Waals surface area (Å²) in [6.45, 7) is -0.639. The van der Waals surface area contributed by atoms with Crippen molar-refractivity contribution in [2.45, 2.75) is 0 Å². The van der Waals surface area contributed by atoms with E-state index in [9.17, 15) is 14.4 Å². The van der Waals surface area contributed by atoms with Crippen molar-refractivity contribution < 1.29 is 14.4 Å². The highest BCUT2D eigenvalue weighted by Gasteiger charge is 2.18. The Bertz CT molecular complexity index is 235. The topological polar surface area (TPSA) is 110 Å². The predicted octanol–water partition coefficient (Wildman–Crippen LogP) is -2.06. The van der Waals surface area contributed by atoms with Crippen molar-refractivity contribution in [2.75, 3.05) is 27.2 Å². The van der Waals surface area contributed by atoms with Gasteiger partial charge in [0.15, 0.2) is 0 Å². The summed E-state index contributed by atoms with van der Waals surface area (Å²) in [5, 5.41) is 0. The monoisotopic (exact) mass is 202 g/mol. The molecule has 0 saturated heterocycles. The minimum atomic E-state index is -0.693. The fraction of sp³-hybridized carbons (Fsp3) is 0.571. The number of carbonyl (C=O) groups is 3. The lowest BCUT2D eigenvalue weighted by Gasteiger charge is -2.23. The zero-order valence-corrected chi connectivity index (χ0v) is 8.19. The van der Waals surface area contributed by atoms with Crippen LogP contribution in [-0.4, -0.2) is 54.8 Å². The molecule has 0 atom stereocenters. The molecule has 0 heterocycles. The lowest BCUT2D eigenvalue weighted by atomic mass is 10.4. The number of rotatable bonds is 4. The Balaban J connectivity index is 4.46. The summed E-state index contributed by atoms with van der Waals surface area (Å²) in [5.74, 6) is -1.39. The molecule has 14 heavy (non-hydrogen) atoms. The molecule has 7 heteroatoms. The molecule has 0 aliphatic carbocycles. The van der Waals surface area contributed by atoms with E-state index in [4.69, 9.17) is 11.5 Å². The van der Waals surface area contributed by atoms with Gasteiger partial charge in [0.25, 0.3) is 0 Å². The summed E-state index contributed by atoms with van der Waals surface area (Å²) in [5.41, 5.74) is 9.81. The standard InChI is InChI=1S/C7H14N4O3/c1-10(2)7(14)11(3-5(8)12)4-6(9)13/h3-4H2,1-2H3,(H2,8,12)(H2,9,13). The lowest BCUT2D eigenvalue weighted by molar-refractivity contribution is -0.121. The van der Waals surface area contributed by atoms with Crippen LogP contribution in [0.25, 0.3) is 0 Å². The van der Waals surface area contributed by atoms with Gasteiger partial charge in [0.2, 0.25) is 11.8 Å². The van der Waals surface area contributed by atoms with Crippen LogP contribution >= 0.6 is 0 Å². The molecule has 0 radical (unpaired) electrons. The van der Waals surface area contributed by atoms with Crippen LogP contribution in [0.5, 0.6) is 0 Å². The van der Waals surface area contributed by atoms with Crippen molar-refractivity contribution in [3.8, 4) is 0 Å². The number of primary amides is 2. The van der Waals surface area contributed by atoms with E-state index in [1.165, 1.54) is 19.0 Å². The Labute approximate surface area is 81.6 Å². The molecule has 0 fully saturated rings. The number of hydrogen-bond acceptors (Lipinski definition) is 3. The third kappa shape index (κ3) is 4.29. The molecule has 0 spiro atoms. The van der Waals surface area contributed by atoms with E-state index in [2.05, 4.69) is 0 Å². The Kier molecular flexibility index (Phi) is 4.41. The van der Waals surface area contributed by atoms with Crippen LogP contribution in [0.1, 0.15) is 0 Å². The van der Waals surface area contributed by atoms with Crippen molar-refractivity contribution in [2.24, 2.45) is 11.5 Å². The molecule has 0 unspecified atom stereocenters. The van der Waals surface area contributed by atoms with Crippen LogP contribution in [0.3, 0.4) is 0 Å². The zero-order chi connectivity index (χ0) is 11.3. The normalized spacial score (nSPS) is 9.29. The second-order valence-corrected chi connectivity index (χ2v) is 2.97. The third-order valence-electron chi connectivity index (χ3n) is 1.35. The molecule has 80 valence electrons. The van der Waals surface area contributed by atoms with Crippen molar-refractivity contribution in [3.63, 3.8) is 0 Å². The number of amides is 4. The van der Waals surface area contributed by atoms with Crippen molar-refractivity contribution in [1.29, 1.82) is 0 Å². The maximum absolute atomic E-state index is 11.4. The molecule has 0 aliphatic rings. The number of hydrogen-bond donors (Lipinski definition) is 2. The highest BCUT2D eigenvalue weighted by Crippen LogP contribution is 1.93. The van der Waals surface area contributed by atoms with Crippen LogP contribution in [0.15, 0.2) is 0 Å². The summed E-state index contributed by atoms with van der Waals surface area (Å²) in [4.78, 5) is 34.7. The summed E-state index contributed by atoms with van der Waals surface area (Å²) in [7, 11) is 2.99. The smallest absolute Gasteiger partial charge is 0.320 e. The first-order chi connectivity index (χ1) is 6.34. The van der Waals surface area contributed by atoms with E-state index in [1.807, 2.05) is 0 Å². The van der Waals surface area contributed by atoms with Crippen LogP contribution in [0.2, 0.25) is 0 Å². The van der Waals surface area contributed by atoms with E-state index in [0.717, 1.165) is 4.90 Å². The molecule has 4 amide bonds. The Morgan fingerprint density at radius 3 is 1.57 bits per heavy atom. The Morgan fingerprint density at radius 2 is 1.36 bits per heavy atom. The fourth-order valence-corrected chi connectivity index (χ4v) is 0.850. The van der Waals surface area contributed by atoms with Gasteiger partial charge in [-0.3, -0.25) is 9.59 Å². The van der Waals surface area contributed by atoms with Crippen molar-refractivity contribution in [3.05, 3.63) is 0 Å². The number of nitrogens with zero attached hydrogens (tertiary/aromatic N) is 2. The van der Waals surface area contributed by atoms with E-state index in [0.29, 0.717) is 0 Å². The summed E-state index contributed by atoms with van der Waals surface area (Å²) >= 11 is 0. The molecule has 0 aromatic rings. The van der Waals surface area contributed by atoms with E-state index in [1.54, 1.807) is 0 Å². The molecular formula is C7H14N4O3. The second-order valence-electron chi connectivity index (χ2n) is 2.97. The van der Waals surface area contributed by atoms with Crippen molar-refractivity contribution >= 4 is 17.8 Å². The number of nitrogens with two attached hydrogens (primary N) is 2. The second kappa shape index (κ2) is 5.05. The summed E-state index contributed by atoms with van der Waals surface area (Å²) in [6.07, 6.45) is 0. The van der Waals surface area contributed by atoms with Gasteiger partial charge in [-0.25, -0.2) is 4.79 Å². The first-order valence-electron chi connectivity index (χ1n) is 3.87.